The van der Waals surface area contributed by atoms with Gasteiger partial charge in [-0.05, 0) is 24.3 Å². The quantitative estimate of drug-likeness (QED) is 0.740. The average molecular weight is 216 g/mol. The number of nitriles is 1. The second kappa shape index (κ2) is 4.67. The standard InChI is InChI=1S/C11H8N2OS/c12-6-9-3-4-11(13-7-9)15-8-10-2-1-5-14-10/h1-5,7H,8H2. The van der Waals surface area contributed by atoms with Gasteiger partial charge < -0.3 is 4.42 Å². The molecule has 2 heterocycles. The molecule has 0 atom stereocenters. The van der Waals surface area contributed by atoms with Crippen LogP contribution in [0, 0.1) is 11.3 Å². The van der Waals surface area contributed by atoms with Crippen LogP contribution in [0.4, 0.5) is 0 Å². The molecular weight excluding hydrogens is 208 g/mol. The SMILES string of the molecule is N#Cc1ccc(SCc2ccco2)nc1. The van der Waals surface area contributed by atoms with Gasteiger partial charge in [0.25, 0.3) is 0 Å². The molecule has 0 aliphatic heterocycles. The van der Waals surface area contributed by atoms with E-state index in [1.165, 1.54) is 0 Å². The molecule has 0 spiro atoms. The molecule has 3 nitrogen and oxygen atoms in total. The van der Waals surface area contributed by atoms with Crippen molar-refractivity contribution >= 4 is 11.8 Å². The van der Waals surface area contributed by atoms with Crippen molar-refractivity contribution in [3.8, 4) is 6.07 Å². The maximum Gasteiger partial charge on any atom is 0.114 e. The Hall–Kier alpha value is -1.73. The fraction of sp³-hybridized carbons (Fsp3) is 0.0909. The number of hydrogen-bond acceptors (Lipinski definition) is 4. The molecule has 0 radical (unpaired) electrons. The number of rotatable bonds is 3. The lowest BCUT2D eigenvalue weighted by Crippen LogP contribution is -1.82. The topological polar surface area (TPSA) is 49.8 Å². The lowest BCUT2D eigenvalue weighted by Gasteiger charge is -1.97. The van der Waals surface area contributed by atoms with E-state index >= 15 is 0 Å². The van der Waals surface area contributed by atoms with Crippen molar-refractivity contribution in [2.75, 3.05) is 0 Å². The number of thioether (sulfide) groups is 1. The van der Waals surface area contributed by atoms with Gasteiger partial charge in [0.05, 0.1) is 22.6 Å². The summed E-state index contributed by atoms with van der Waals surface area (Å²) >= 11 is 1.58. The molecule has 0 aliphatic rings. The molecule has 0 bridgehead atoms. The molecule has 15 heavy (non-hydrogen) atoms. The van der Waals surface area contributed by atoms with Crippen LogP contribution in [-0.4, -0.2) is 4.98 Å². The highest BCUT2D eigenvalue weighted by atomic mass is 32.2. The summed E-state index contributed by atoms with van der Waals surface area (Å²) in [6.07, 6.45) is 3.23. The van der Waals surface area contributed by atoms with E-state index in [0.29, 0.717) is 5.56 Å². The minimum absolute atomic E-state index is 0.581. The third-order valence-electron chi connectivity index (χ3n) is 1.81. The maximum atomic E-state index is 8.60. The third kappa shape index (κ3) is 2.61. The molecule has 74 valence electrons. The highest BCUT2D eigenvalue weighted by molar-refractivity contribution is 7.98. The van der Waals surface area contributed by atoms with E-state index in [4.69, 9.17) is 9.68 Å². The van der Waals surface area contributed by atoms with Gasteiger partial charge in [0.1, 0.15) is 11.8 Å². The van der Waals surface area contributed by atoms with Crippen LogP contribution < -0.4 is 0 Å². The molecule has 0 fully saturated rings. The zero-order chi connectivity index (χ0) is 10.5. The normalized spacial score (nSPS) is 9.80. The Bertz CT molecular complexity index is 456. The Balaban J connectivity index is 1.97. The minimum atomic E-state index is 0.581. The van der Waals surface area contributed by atoms with Gasteiger partial charge in [0.2, 0.25) is 0 Å². The number of pyridine rings is 1. The van der Waals surface area contributed by atoms with Crippen LogP contribution in [-0.2, 0) is 5.75 Å². The van der Waals surface area contributed by atoms with Gasteiger partial charge in [-0.15, -0.1) is 0 Å². The second-order valence-electron chi connectivity index (χ2n) is 2.86. The molecule has 0 aromatic carbocycles. The Labute approximate surface area is 91.7 Å². The van der Waals surface area contributed by atoms with Crippen LogP contribution >= 0.6 is 11.8 Å². The van der Waals surface area contributed by atoms with Crippen molar-refractivity contribution < 1.29 is 4.42 Å². The van der Waals surface area contributed by atoms with E-state index in [0.717, 1.165) is 16.5 Å². The van der Waals surface area contributed by atoms with Crippen molar-refractivity contribution in [3.63, 3.8) is 0 Å². The van der Waals surface area contributed by atoms with Crippen LogP contribution in [0.15, 0.2) is 46.2 Å². The monoisotopic (exact) mass is 216 g/mol. The molecule has 0 unspecified atom stereocenters. The zero-order valence-corrected chi connectivity index (χ0v) is 8.70. The first-order valence-corrected chi connectivity index (χ1v) is 5.38. The average Bonchev–Trinajstić information content (AvgIpc) is 2.80. The summed E-state index contributed by atoms with van der Waals surface area (Å²) in [5.41, 5.74) is 0.581. The third-order valence-corrected chi connectivity index (χ3v) is 2.77. The summed E-state index contributed by atoms with van der Waals surface area (Å²) in [7, 11) is 0. The molecule has 4 heteroatoms. The second-order valence-corrected chi connectivity index (χ2v) is 3.86. The summed E-state index contributed by atoms with van der Waals surface area (Å²) in [5.74, 6) is 1.68. The largest absolute Gasteiger partial charge is 0.468 e. The van der Waals surface area contributed by atoms with E-state index in [1.807, 2.05) is 24.3 Å². The van der Waals surface area contributed by atoms with Crippen LogP contribution in [0.2, 0.25) is 0 Å². The summed E-state index contributed by atoms with van der Waals surface area (Å²) < 4.78 is 5.20. The first-order chi connectivity index (χ1) is 7.38. The molecule has 0 amide bonds. The van der Waals surface area contributed by atoms with E-state index in [2.05, 4.69) is 4.98 Å². The first kappa shape index (κ1) is 9.81. The molecule has 2 rings (SSSR count). The molecule has 2 aromatic heterocycles. The first-order valence-electron chi connectivity index (χ1n) is 4.40. The molecule has 0 saturated carbocycles. The van der Waals surface area contributed by atoms with E-state index in [-0.39, 0.29) is 0 Å². The van der Waals surface area contributed by atoms with Gasteiger partial charge in [0, 0.05) is 6.20 Å². The van der Waals surface area contributed by atoms with E-state index in [9.17, 15) is 0 Å². The number of hydrogen-bond donors (Lipinski definition) is 0. The maximum absolute atomic E-state index is 8.60. The molecule has 0 saturated heterocycles. The van der Waals surface area contributed by atoms with Crippen LogP contribution in [0.25, 0.3) is 0 Å². The van der Waals surface area contributed by atoms with Crippen molar-refractivity contribution in [1.29, 1.82) is 5.26 Å². The minimum Gasteiger partial charge on any atom is -0.468 e. The van der Waals surface area contributed by atoms with E-state index < -0.39 is 0 Å². The smallest absolute Gasteiger partial charge is 0.114 e. The summed E-state index contributed by atoms with van der Waals surface area (Å²) in [4.78, 5) is 4.15. The molecule has 2 aromatic rings. The molecule has 0 N–H and O–H groups in total. The molecular formula is C11H8N2OS. The van der Waals surface area contributed by atoms with Crippen molar-refractivity contribution in [1.82, 2.24) is 4.98 Å². The number of furan rings is 1. The predicted molar refractivity (Wildman–Crippen MR) is 57.2 cm³/mol. The highest BCUT2D eigenvalue weighted by Crippen LogP contribution is 2.20. The highest BCUT2D eigenvalue weighted by Gasteiger charge is 1.99. The lowest BCUT2D eigenvalue weighted by atomic mass is 10.3. The zero-order valence-electron chi connectivity index (χ0n) is 7.88. The predicted octanol–water partition coefficient (Wildman–Crippen LogP) is 2.84. The van der Waals surface area contributed by atoms with Crippen molar-refractivity contribution in [3.05, 3.63) is 48.0 Å². The van der Waals surface area contributed by atoms with Crippen LogP contribution in [0.3, 0.4) is 0 Å². The summed E-state index contributed by atoms with van der Waals surface area (Å²) in [6, 6.07) is 9.42. The summed E-state index contributed by atoms with van der Waals surface area (Å²) in [6.45, 7) is 0. The van der Waals surface area contributed by atoms with Gasteiger partial charge in [-0.3, -0.25) is 0 Å². The van der Waals surface area contributed by atoms with Gasteiger partial charge in [-0.2, -0.15) is 5.26 Å². The summed E-state index contributed by atoms with van der Waals surface area (Å²) in [5, 5.41) is 9.49. The Morgan fingerprint density at radius 3 is 2.93 bits per heavy atom. The fourth-order valence-corrected chi connectivity index (χ4v) is 1.82. The van der Waals surface area contributed by atoms with Crippen LogP contribution in [0.5, 0.6) is 0 Å². The van der Waals surface area contributed by atoms with Gasteiger partial charge in [-0.25, -0.2) is 4.98 Å². The van der Waals surface area contributed by atoms with Gasteiger partial charge in [-0.1, -0.05) is 11.8 Å². The van der Waals surface area contributed by atoms with E-state index in [1.54, 1.807) is 30.3 Å². The van der Waals surface area contributed by atoms with Gasteiger partial charge in [0.15, 0.2) is 0 Å². The number of nitrogens with zero attached hydrogens (tertiary/aromatic N) is 2. The Morgan fingerprint density at radius 1 is 1.40 bits per heavy atom. The lowest BCUT2D eigenvalue weighted by molar-refractivity contribution is 0.530. The fourth-order valence-electron chi connectivity index (χ4n) is 1.07. The van der Waals surface area contributed by atoms with Crippen LogP contribution in [0.1, 0.15) is 11.3 Å². The van der Waals surface area contributed by atoms with Gasteiger partial charge >= 0.3 is 0 Å². The van der Waals surface area contributed by atoms with Crippen molar-refractivity contribution in [2.45, 2.75) is 10.8 Å². The van der Waals surface area contributed by atoms with Crippen molar-refractivity contribution in [2.24, 2.45) is 0 Å². The number of aromatic nitrogens is 1. The Kier molecular flexibility index (Phi) is 3.05. The Morgan fingerprint density at radius 2 is 2.33 bits per heavy atom. The molecule has 0 aliphatic carbocycles.